The van der Waals surface area contributed by atoms with Crippen molar-refractivity contribution in [3.63, 3.8) is 0 Å². The van der Waals surface area contributed by atoms with Crippen LogP contribution in [0.4, 0.5) is 5.69 Å². The molecule has 0 spiro atoms. The molecule has 0 saturated heterocycles. The largest absolute Gasteiger partial charge is 0.462 e. The molecule has 0 aliphatic heterocycles. The van der Waals surface area contributed by atoms with Crippen molar-refractivity contribution in [3.8, 4) is 0 Å². The number of carbonyl (C=O) groups excluding carboxylic acids is 1. The van der Waals surface area contributed by atoms with Gasteiger partial charge in [-0.2, -0.15) is 8.42 Å². The molecular formula is C9H11NO5S. The van der Waals surface area contributed by atoms with E-state index in [1.807, 2.05) is 0 Å². The van der Waals surface area contributed by atoms with Gasteiger partial charge < -0.3 is 10.5 Å². The van der Waals surface area contributed by atoms with Gasteiger partial charge in [-0.05, 0) is 25.1 Å². The summed E-state index contributed by atoms with van der Waals surface area (Å²) < 4.78 is 35.2. The maximum Gasteiger partial charge on any atom is 0.340 e. The zero-order valence-electron chi connectivity index (χ0n) is 8.50. The van der Waals surface area contributed by atoms with E-state index in [2.05, 4.69) is 4.74 Å². The summed E-state index contributed by atoms with van der Waals surface area (Å²) in [6.07, 6.45) is 0. The lowest BCUT2D eigenvalue weighted by atomic mass is 10.2. The predicted molar refractivity (Wildman–Crippen MR) is 56.6 cm³/mol. The molecule has 0 saturated carbocycles. The molecule has 1 aromatic rings. The Morgan fingerprint density at radius 3 is 2.62 bits per heavy atom. The molecule has 0 bridgehead atoms. The minimum absolute atomic E-state index is 0.0861. The second-order valence-corrected chi connectivity index (χ2v) is 4.37. The molecule has 0 unspecified atom stereocenters. The fraction of sp³-hybridized carbons (Fsp3) is 0.222. The van der Waals surface area contributed by atoms with E-state index in [4.69, 9.17) is 10.3 Å². The maximum absolute atomic E-state index is 11.4. The quantitative estimate of drug-likeness (QED) is 0.461. The number of benzene rings is 1. The van der Waals surface area contributed by atoms with Gasteiger partial charge in [-0.15, -0.1) is 0 Å². The Morgan fingerprint density at radius 1 is 1.50 bits per heavy atom. The SMILES string of the molecule is CCOC(=O)c1cc(S(=O)(=O)O)ccc1N. The van der Waals surface area contributed by atoms with Crippen molar-refractivity contribution in [1.29, 1.82) is 0 Å². The highest BCUT2D eigenvalue weighted by molar-refractivity contribution is 7.85. The Balaban J connectivity index is 3.24. The van der Waals surface area contributed by atoms with Crippen LogP contribution in [0.15, 0.2) is 23.1 Å². The number of rotatable bonds is 3. The molecule has 7 heteroatoms. The molecule has 0 fully saturated rings. The Labute approximate surface area is 92.8 Å². The molecule has 1 aromatic carbocycles. The molecule has 0 aliphatic rings. The highest BCUT2D eigenvalue weighted by atomic mass is 32.2. The van der Waals surface area contributed by atoms with E-state index in [0.29, 0.717) is 0 Å². The summed E-state index contributed by atoms with van der Waals surface area (Å²) in [5.41, 5.74) is 5.49. The summed E-state index contributed by atoms with van der Waals surface area (Å²) in [5, 5.41) is 0. The van der Waals surface area contributed by atoms with Crippen LogP contribution in [-0.4, -0.2) is 25.5 Å². The summed E-state index contributed by atoms with van der Waals surface area (Å²) >= 11 is 0. The van der Waals surface area contributed by atoms with Gasteiger partial charge in [-0.25, -0.2) is 4.79 Å². The van der Waals surface area contributed by atoms with Crippen LogP contribution in [0.25, 0.3) is 0 Å². The minimum Gasteiger partial charge on any atom is -0.462 e. The normalized spacial score (nSPS) is 11.1. The first-order chi connectivity index (χ1) is 7.36. The standard InChI is InChI=1S/C9H11NO5S/c1-2-15-9(11)7-5-6(16(12,13)14)3-4-8(7)10/h3-5H,2,10H2,1H3,(H,12,13,14). The number of ether oxygens (including phenoxy) is 1. The minimum atomic E-state index is -4.35. The van der Waals surface area contributed by atoms with Crippen LogP contribution in [0.3, 0.4) is 0 Å². The predicted octanol–water partition coefficient (Wildman–Crippen LogP) is 0.692. The van der Waals surface area contributed by atoms with Crippen LogP contribution in [0, 0.1) is 0 Å². The van der Waals surface area contributed by atoms with E-state index in [-0.39, 0.29) is 17.9 Å². The molecule has 16 heavy (non-hydrogen) atoms. The Morgan fingerprint density at radius 2 is 2.12 bits per heavy atom. The maximum atomic E-state index is 11.4. The van der Waals surface area contributed by atoms with E-state index in [1.54, 1.807) is 6.92 Å². The number of hydrogen-bond acceptors (Lipinski definition) is 5. The number of esters is 1. The van der Waals surface area contributed by atoms with E-state index in [9.17, 15) is 13.2 Å². The number of anilines is 1. The molecule has 6 nitrogen and oxygen atoms in total. The van der Waals surface area contributed by atoms with Crippen LogP contribution >= 0.6 is 0 Å². The Hall–Kier alpha value is -1.60. The molecule has 0 heterocycles. The van der Waals surface area contributed by atoms with Gasteiger partial charge in [0.15, 0.2) is 0 Å². The fourth-order valence-electron chi connectivity index (χ4n) is 1.08. The van der Waals surface area contributed by atoms with Gasteiger partial charge in [0.05, 0.1) is 17.1 Å². The molecule has 3 N–H and O–H groups in total. The van der Waals surface area contributed by atoms with Crippen LogP contribution in [0.2, 0.25) is 0 Å². The van der Waals surface area contributed by atoms with Gasteiger partial charge in [0.1, 0.15) is 0 Å². The third-order valence-electron chi connectivity index (χ3n) is 1.82. The molecule has 1 rings (SSSR count). The van der Waals surface area contributed by atoms with Gasteiger partial charge in [0, 0.05) is 5.69 Å². The van der Waals surface area contributed by atoms with Crippen molar-refractivity contribution in [3.05, 3.63) is 23.8 Å². The molecule has 0 amide bonds. The summed E-state index contributed by atoms with van der Waals surface area (Å²) in [4.78, 5) is 11.0. The lowest BCUT2D eigenvalue weighted by Gasteiger charge is -2.06. The lowest BCUT2D eigenvalue weighted by molar-refractivity contribution is 0.0527. The molecule has 0 radical (unpaired) electrons. The number of nitrogen functional groups attached to an aromatic ring is 1. The first kappa shape index (κ1) is 12.5. The number of carbonyl (C=O) groups is 1. The fourth-order valence-corrected chi connectivity index (χ4v) is 1.59. The zero-order valence-corrected chi connectivity index (χ0v) is 9.32. The summed E-state index contributed by atoms with van der Waals surface area (Å²) in [6, 6.07) is 3.30. The van der Waals surface area contributed by atoms with Gasteiger partial charge in [-0.1, -0.05) is 0 Å². The van der Waals surface area contributed by atoms with E-state index >= 15 is 0 Å². The number of nitrogens with two attached hydrogens (primary N) is 1. The first-order valence-electron chi connectivity index (χ1n) is 4.40. The molecule has 0 aromatic heterocycles. The van der Waals surface area contributed by atoms with Crippen molar-refractivity contribution in [2.45, 2.75) is 11.8 Å². The third kappa shape index (κ3) is 2.71. The zero-order chi connectivity index (χ0) is 12.3. The van der Waals surface area contributed by atoms with Crippen molar-refractivity contribution >= 4 is 21.8 Å². The van der Waals surface area contributed by atoms with Crippen molar-refractivity contribution < 1.29 is 22.5 Å². The van der Waals surface area contributed by atoms with Crippen molar-refractivity contribution in [2.75, 3.05) is 12.3 Å². The van der Waals surface area contributed by atoms with Gasteiger partial charge in [0.25, 0.3) is 10.1 Å². The highest BCUT2D eigenvalue weighted by Crippen LogP contribution is 2.18. The second-order valence-electron chi connectivity index (χ2n) is 2.94. The smallest absolute Gasteiger partial charge is 0.340 e. The molecule has 0 atom stereocenters. The van der Waals surface area contributed by atoms with Gasteiger partial charge in [-0.3, -0.25) is 4.55 Å². The Bertz CT molecular complexity index is 509. The number of hydrogen-bond donors (Lipinski definition) is 2. The van der Waals surface area contributed by atoms with Crippen LogP contribution in [-0.2, 0) is 14.9 Å². The average molecular weight is 245 g/mol. The summed E-state index contributed by atoms with van der Waals surface area (Å²) in [7, 11) is -4.35. The topological polar surface area (TPSA) is 107 Å². The van der Waals surface area contributed by atoms with Crippen LogP contribution in [0.1, 0.15) is 17.3 Å². The lowest BCUT2D eigenvalue weighted by Crippen LogP contribution is -2.09. The van der Waals surface area contributed by atoms with Crippen molar-refractivity contribution in [1.82, 2.24) is 0 Å². The molecule has 88 valence electrons. The highest BCUT2D eigenvalue weighted by Gasteiger charge is 2.16. The monoisotopic (exact) mass is 245 g/mol. The summed E-state index contributed by atoms with van der Waals surface area (Å²) in [5.74, 6) is -0.731. The average Bonchev–Trinajstić information content (AvgIpc) is 2.16. The van der Waals surface area contributed by atoms with Crippen LogP contribution < -0.4 is 5.73 Å². The van der Waals surface area contributed by atoms with Crippen molar-refractivity contribution in [2.24, 2.45) is 0 Å². The summed E-state index contributed by atoms with van der Waals surface area (Å²) in [6.45, 7) is 1.76. The van der Waals surface area contributed by atoms with Gasteiger partial charge >= 0.3 is 5.97 Å². The van der Waals surface area contributed by atoms with E-state index in [1.165, 1.54) is 6.07 Å². The third-order valence-corrected chi connectivity index (χ3v) is 2.67. The van der Waals surface area contributed by atoms with E-state index in [0.717, 1.165) is 12.1 Å². The van der Waals surface area contributed by atoms with E-state index < -0.39 is 21.0 Å². The first-order valence-corrected chi connectivity index (χ1v) is 5.84. The Kier molecular flexibility index (Phi) is 3.51. The molecule has 0 aliphatic carbocycles. The second kappa shape index (κ2) is 4.50. The van der Waals surface area contributed by atoms with Crippen LogP contribution in [0.5, 0.6) is 0 Å². The van der Waals surface area contributed by atoms with Gasteiger partial charge in [0.2, 0.25) is 0 Å². The molecular weight excluding hydrogens is 234 g/mol.